The van der Waals surface area contributed by atoms with Crippen LogP contribution in [0.1, 0.15) is 47.5 Å². The Kier molecular flexibility index (Phi) is 3.30. The Morgan fingerprint density at radius 1 is 1.12 bits per heavy atom. The maximum Gasteiger partial charge on any atom is 0.0794 e. The maximum absolute atomic E-state index is 9.42. The van der Waals surface area contributed by atoms with Crippen LogP contribution in [0.3, 0.4) is 0 Å². The molecule has 1 N–H and O–H groups in total. The highest BCUT2D eigenvalue weighted by Crippen LogP contribution is 2.35. The van der Waals surface area contributed by atoms with E-state index in [-0.39, 0.29) is 11.6 Å². The van der Waals surface area contributed by atoms with Crippen molar-refractivity contribution in [3.05, 3.63) is 0 Å². The van der Waals surface area contributed by atoms with E-state index < -0.39 is 0 Å². The van der Waals surface area contributed by atoms with E-state index in [0.29, 0.717) is 5.54 Å². The zero-order valence-corrected chi connectivity index (χ0v) is 12.0. The summed E-state index contributed by atoms with van der Waals surface area (Å²) in [5, 5.41) is 9.42. The van der Waals surface area contributed by atoms with Crippen molar-refractivity contribution < 1.29 is 5.11 Å². The van der Waals surface area contributed by atoms with Gasteiger partial charge < -0.3 is 5.11 Å². The second-order valence-corrected chi connectivity index (χ2v) is 7.38. The van der Waals surface area contributed by atoms with E-state index in [1.807, 2.05) is 0 Å². The Bertz CT molecular complexity index is 276. The number of likely N-dealkylation sites (tertiary alicyclic amines) is 2. The zero-order chi connectivity index (χ0) is 12.8. The van der Waals surface area contributed by atoms with Crippen LogP contribution in [0.2, 0.25) is 0 Å². The third-order valence-electron chi connectivity index (χ3n) is 4.46. The van der Waals surface area contributed by atoms with Crippen LogP contribution < -0.4 is 0 Å². The van der Waals surface area contributed by atoms with Gasteiger partial charge in [-0.05, 0) is 47.5 Å². The van der Waals surface area contributed by atoms with Crippen LogP contribution in [0, 0.1) is 0 Å². The molecule has 0 aromatic rings. The summed E-state index contributed by atoms with van der Waals surface area (Å²) in [4.78, 5) is 5.03. The van der Waals surface area contributed by atoms with Gasteiger partial charge in [-0.2, -0.15) is 0 Å². The van der Waals surface area contributed by atoms with Crippen LogP contribution in [0.4, 0.5) is 0 Å². The predicted molar refractivity (Wildman–Crippen MR) is 71.1 cm³/mol. The summed E-state index contributed by atoms with van der Waals surface area (Å²) < 4.78 is 0. The molecule has 0 bridgehead atoms. The third-order valence-corrected chi connectivity index (χ3v) is 4.46. The van der Waals surface area contributed by atoms with Gasteiger partial charge in [0.2, 0.25) is 0 Å². The molecule has 0 saturated carbocycles. The molecule has 2 aliphatic rings. The second kappa shape index (κ2) is 4.22. The fourth-order valence-electron chi connectivity index (χ4n) is 3.19. The molecule has 0 aliphatic carbocycles. The van der Waals surface area contributed by atoms with Crippen LogP contribution in [0.25, 0.3) is 0 Å². The van der Waals surface area contributed by atoms with Gasteiger partial charge in [-0.25, -0.2) is 0 Å². The van der Waals surface area contributed by atoms with E-state index in [4.69, 9.17) is 0 Å². The lowest BCUT2D eigenvalue weighted by molar-refractivity contribution is -0.0845. The molecule has 1 unspecified atom stereocenters. The van der Waals surface area contributed by atoms with Crippen molar-refractivity contribution in [3.63, 3.8) is 0 Å². The van der Waals surface area contributed by atoms with Crippen molar-refractivity contribution in [3.8, 4) is 0 Å². The van der Waals surface area contributed by atoms with Gasteiger partial charge in [-0.15, -0.1) is 0 Å². The number of hydrogen-bond acceptors (Lipinski definition) is 3. The predicted octanol–water partition coefficient (Wildman–Crippen LogP) is 1.70. The largest absolute Gasteiger partial charge is 0.390 e. The molecular weight excluding hydrogens is 212 g/mol. The number of hydrogen-bond donors (Lipinski definition) is 1. The third kappa shape index (κ3) is 2.67. The average Bonchev–Trinajstić information content (AvgIpc) is 2.04. The van der Waals surface area contributed by atoms with E-state index in [1.165, 1.54) is 19.4 Å². The quantitative estimate of drug-likeness (QED) is 0.813. The van der Waals surface area contributed by atoms with Crippen molar-refractivity contribution in [1.82, 2.24) is 9.80 Å². The van der Waals surface area contributed by atoms with Gasteiger partial charge in [-0.3, -0.25) is 9.80 Å². The SMILES string of the molecule is CC(C)(C)N1CCC1CC(C)(C)N1CC(O)C1. The minimum absolute atomic E-state index is 0.0885. The van der Waals surface area contributed by atoms with Crippen LogP contribution in [-0.2, 0) is 0 Å². The zero-order valence-electron chi connectivity index (χ0n) is 12.0. The Labute approximate surface area is 106 Å². The van der Waals surface area contributed by atoms with E-state index in [1.54, 1.807) is 0 Å². The van der Waals surface area contributed by atoms with Crippen molar-refractivity contribution in [1.29, 1.82) is 0 Å². The first-order chi connectivity index (χ1) is 7.70. The summed E-state index contributed by atoms with van der Waals surface area (Å²) in [5.41, 5.74) is 0.529. The smallest absolute Gasteiger partial charge is 0.0794 e. The van der Waals surface area contributed by atoms with Crippen LogP contribution >= 0.6 is 0 Å². The molecule has 3 heteroatoms. The normalized spacial score (nSPS) is 28.9. The summed E-state index contributed by atoms with van der Waals surface area (Å²) in [5.74, 6) is 0. The minimum atomic E-state index is -0.0885. The molecule has 0 aromatic heterocycles. The van der Waals surface area contributed by atoms with Gasteiger partial charge >= 0.3 is 0 Å². The molecule has 3 nitrogen and oxygen atoms in total. The fraction of sp³-hybridized carbons (Fsp3) is 1.00. The van der Waals surface area contributed by atoms with Crippen LogP contribution in [0.5, 0.6) is 0 Å². The molecule has 2 heterocycles. The molecule has 2 saturated heterocycles. The van der Waals surface area contributed by atoms with Crippen LogP contribution in [0.15, 0.2) is 0 Å². The minimum Gasteiger partial charge on any atom is -0.390 e. The lowest BCUT2D eigenvalue weighted by Gasteiger charge is -2.55. The maximum atomic E-state index is 9.42. The monoisotopic (exact) mass is 240 g/mol. The lowest BCUT2D eigenvalue weighted by atomic mass is 9.82. The Morgan fingerprint density at radius 2 is 1.71 bits per heavy atom. The standard InChI is InChI=1S/C14H28N2O/c1-13(2,3)16-7-6-11(16)8-14(4,5)15-9-12(17)10-15/h11-12,17H,6-10H2,1-5H3. The van der Waals surface area contributed by atoms with Gasteiger partial charge in [0.05, 0.1) is 6.10 Å². The summed E-state index contributed by atoms with van der Waals surface area (Å²) in [6, 6.07) is 0.725. The Morgan fingerprint density at radius 3 is 2.06 bits per heavy atom. The first-order valence-corrected chi connectivity index (χ1v) is 6.90. The van der Waals surface area contributed by atoms with Crippen molar-refractivity contribution >= 4 is 0 Å². The highest BCUT2D eigenvalue weighted by Gasteiger charge is 2.43. The van der Waals surface area contributed by atoms with Gasteiger partial charge in [0.1, 0.15) is 0 Å². The second-order valence-electron chi connectivity index (χ2n) is 7.38. The number of nitrogens with zero attached hydrogens (tertiary/aromatic N) is 2. The number of aliphatic hydroxyl groups excluding tert-OH is 1. The molecule has 0 radical (unpaired) electrons. The Hall–Kier alpha value is -0.120. The van der Waals surface area contributed by atoms with E-state index in [2.05, 4.69) is 44.4 Å². The molecule has 100 valence electrons. The summed E-state index contributed by atoms with van der Waals surface area (Å²) in [7, 11) is 0. The average molecular weight is 240 g/mol. The lowest BCUT2D eigenvalue weighted by Crippen LogP contribution is -2.64. The summed E-state index contributed by atoms with van der Waals surface area (Å²) in [6.45, 7) is 14.5. The number of rotatable bonds is 3. The summed E-state index contributed by atoms with van der Waals surface area (Å²) in [6.07, 6.45) is 2.46. The number of aliphatic hydroxyl groups is 1. The van der Waals surface area contributed by atoms with Gasteiger partial charge in [0.25, 0.3) is 0 Å². The first kappa shape index (κ1) is 13.3. The molecule has 2 fully saturated rings. The highest BCUT2D eigenvalue weighted by atomic mass is 16.3. The molecule has 17 heavy (non-hydrogen) atoms. The van der Waals surface area contributed by atoms with Gasteiger partial charge in [-0.1, -0.05) is 0 Å². The number of β-amino-alcohol motifs (C(OH)–C–C–N with tert-alkyl or cyclic N) is 1. The van der Waals surface area contributed by atoms with Crippen molar-refractivity contribution in [2.24, 2.45) is 0 Å². The molecule has 1 atom stereocenters. The molecule has 0 spiro atoms. The van der Waals surface area contributed by atoms with Gasteiger partial charge in [0, 0.05) is 36.8 Å². The van der Waals surface area contributed by atoms with Crippen molar-refractivity contribution in [2.45, 2.75) is 70.7 Å². The Balaban J connectivity index is 1.88. The molecular formula is C14H28N2O. The van der Waals surface area contributed by atoms with Gasteiger partial charge in [0.15, 0.2) is 0 Å². The van der Waals surface area contributed by atoms with E-state index in [0.717, 1.165) is 19.1 Å². The molecule has 0 amide bonds. The topological polar surface area (TPSA) is 26.7 Å². The fourth-order valence-corrected chi connectivity index (χ4v) is 3.19. The molecule has 2 rings (SSSR count). The molecule has 2 aliphatic heterocycles. The molecule has 0 aromatic carbocycles. The van der Waals surface area contributed by atoms with E-state index in [9.17, 15) is 5.11 Å². The van der Waals surface area contributed by atoms with E-state index >= 15 is 0 Å². The summed E-state index contributed by atoms with van der Waals surface area (Å²) >= 11 is 0. The first-order valence-electron chi connectivity index (χ1n) is 6.90. The highest BCUT2D eigenvalue weighted by molar-refractivity contribution is 4.99. The van der Waals surface area contributed by atoms with Crippen molar-refractivity contribution in [2.75, 3.05) is 19.6 Å². The van der Waals surface area contributed by atoms with Crippen LogP contribution in [-0.4, -0.2) is 57.8 Å².